The van der Waals surface area contributed by atoms with Gasteiger partial charge in [-0.05, 0) is 36.4 Å². The third-order valence-electron chi connectivity index (χ3n) is 7.81. The molecule has 0 aliphatic rings. The van der Waals surface area contributed by atoms with Gasteiger partial charge in [0.25, 0.3) is 23.6 Å². The Kier molecular flexibility index (Phi) is 13.3. The molecule has 0 radical (unpaired) electrons. The minimum Gasteiger partial charge on any atom is -0.388 e. The lowest BCUT2D eigenvalue weighted by atomic mass is 10.2. The number of amides is 4. The second-order valence-corrected chi connectivity index (χ2v) is 13.4. The zero-order chi connectivity index (χ0) is 36.8. The molecular weight excluding hydrogens is 753 g/mol. The van der Waals surface area contributed by atoms with E-state index in [9.17, 15) is 19.2 Å². The van der Waals surface area contributed by atoms with E-state index in [4.69, 9.17) is 34.3 Å². The maximum atomic E-state index is 13.3. The number of hydrogen-bond donors (Lipinski definition) is 6. The zero-order valence-corrected chi connectivity index (χ0v) is 31.6. The number of nitrogens with one attached hydrogen (secondary N) is 5. The van der Waals surface area contributed by atoms with Crippen LogP contribution in [0, 0.1) is 5.41 Å². The highest BCUT2D eigenvalue weighted by Gasteiger charge is 2.20. The van der Waals surface area contributed by atoms with Gasteiger partial charge in [0.15, 0.2) is 5.01 Å². The maximum absolute atomic E-state index is 13.3. The van der Waals surface area contributed by atoms with Crippen molar-refractivity contribution >= 4 is 109 Å². The molecule has 0 saturated heterocycles. The number of rotatable bonds is 15. The average molecular weight is 791 g/mol. The summed E-state index contributed by atoms with van der Waals surface area (Å²) in [7, 11) is 5.02. The highest BCUT2D eigenvalue weighted by Crippen LogP contribution is 2.28. The van der Waals surface area contributed by atoms with Crippen molar-refractivity contribution in [3.8, 4) is 0 Å². The molecule has 4 heterocycles. The average Bonchev–Trinajstić information content (AvgIpc) is 3.85. The predicted molar refractivity (Wildman–Crippen MR) is 209 cm³/mol. The van der Waals surface area contributed by atoms with Crippen molar-refractivity contribution in [2.24, 2.45) is 26.9 Å². The van der Waals surface area contributed by atoms with Crippen LogP contribution in [0.1, 0.15) is 47.7 Å². The third kappa shape index (κ3) is 9.44. The molecule has 0 saturated carbocycles. The Bertz CT molecular complexity index is 2110. The van der Waals surface area contributed by atoms with Gasteiger partial charge < -0.3 is 45.6 Å². The van der Waals surface area contributed by atoms with E-state index in [1.807, 2.05) is 18.2 Å². The largest absolute Gasteiger partial charge is 0.388 e. The molecule has 276 valence electrons. The van der Waals surface area contributed by atoms with Crippen LogP contribution in [0.3, 0.4) is 0 Å². The quantitative estimate of drug-likeness (QED) is 0.0496. The number of carbonyl (C=O) groups excluding carboxylic acids is 4. The summed E-state index contributed by atoms with van der Waals surface area (Å²) in [5.74, 6) is -0.819. The molecule has 0 aliphatic carbocycles. The van der Waals surface area contributed by atoms with Crippen molar-refractivity contribution in [2.45, 2.75) is 6.42 Å². The molecule has 15 nitrogen and oxygen atoms in total. The number of anilines is 4. The normalized spacial score (nSPS) is 10.8. The number of amidine groups is 1. The van der Waals surface area contributed by atoms with Crippen LogP contribution in [0.4, 0.5) is 22.7 Å². The number of fused-ring (bicyclic) bond motifs is 1. The van der Waals surface area contributed by atoms with Gasteiger partial charge in [0.1, 0.15) is 17.1 Å². The first-order valence-corrected chi connectivity index (χ1v) is 17.6. The number of carbonyl (C=O) groups is 4. The minimum atomic E-state index is -0.454. The molecule has 5 aromatic rings. The van der Waals surface area contributed by atoms with Gasteiger partial charge in [0.05, 0.1) is 33.1 Å². The summed E-state index contributed by atoms with van der Waals surface area (Å²) in [5.41, 5.74) is 8.96. The van der Waals surface area contributed by atoms with Crippen molar-refractivity contribution in [3.05, 3.63) is 77.1 Å². The highest BCUT2D eigenvalue weighted by atomic mass is 35.5. The molecule has 52 heavy (non-hydrogen) atoms. The van der Waals surface area contributed by atoms with Gasteiger partial charge in [0, 0.05) is 83.2 Å². The number of benzene rings is 1. The van der Waals surface area contributed by atoms with Crippen LogP contribution >= 0.6 is 46.9 Å². The van der Waals surface area contributed by atoms with Gasteiger partial charge in [-0.3, -0.25) is 24.6 Å². The van der Waals surface area contributed by atoms with Crippen LogP contribution in [0.25, 0.3) is 10.2 Å². The van der Waals surface area contributed by atoms with Gasteiger partial charge >= 0.3 is 0 Å². The van der Waals surface area contributed by atoms with Crippen LogP contribution in [-0.2, 0) is 21.1 Å². The second kappa shape index (κ2) is 17.5. The van der Waals surface area contributed by atoms with Crippen molar-refractivity contribution in [3.63, 3.8) is 0 Å². The SMILES string of the molecule is Cl.Cn1cc(NC(=O)c2cc(NC(=O)c3cc(NC(=O)c4nc5cc(N(CCCl)CCCl)ccc5s4)cn3C)cn2C)cc1C(=O)NCCC(=N)N. The van der Waals surface area contributed by atoms with Crippen LogP contribution in [0.2, 0.25) is 0 Å². The number of nitrogens with two attached hydrogens (primary N) is 1. The fraction of sp³-hybridized carbons (Fsp3) is 0.273. The number of aryl methyl sites for hydroxylation is 3. The number of hydrogen-bond acceptors (Lipinski definition) is 8. The first kappa shape index (κ1) is 39.8. The first-order chi connectivity index (χ1) is 24.4. The molecule has 0 unspecified atom stereocenters. The summed E-state index contributed by atoms with van der Waals surface area (Å²) in [5, 5.41) is 18.6. The smallest absolute Gasteiger partial charge is 0.284 e. The van der Waals surface area contributed by atoms with Gasteiger partial charge in [-0.25, -0.2) is 4.98 Å². The lowest BCUT2D eigenvalue weighted by Crippen LogP contribution is -2.28. The Labute approximate surface area is 319 Å². The van der Waals surface area contributed by atoms with Gasteiger partial charge in [-0.15, -0.1) is 46.9 Å². The Hall–Kier alpha value is -5.03. The van der Waals surface area contributed by atoms with E-state index in [-0.39, 0.29) is 53.5 Å². The van der Waals surface area contributed by atoms with Crippen molar-refractivity contribution in [1.29, 1.82) is 5.41 Å². The van der Waals surface area contributed by atoms with Crippen LogP contribution in [0.5, 0.6) is 0 Å². The van der Waals surface area contributed by atoms with Gasteiger partial charge in [-0.1, -0.05) is 0 Å². The Morgan fingerprint density at radius 3 is 1.75 bits per heavy atom. The van der Waals surface area contributed by atoms with E-state index < -0.39 is 17.7 Å². The van der Waals surface area contributed by atoms with Crippen molar-refractivity contribution in [2.75, 3.05) is 52.2 Å². The number of alkyl halides is 2. The standard InChI is InChI=1S/C33H37Cl2N11O4S.ClH/c1-43-16-19(12-24(43)29(47)38-9-6-28(36)37)39-30(48)25-13-20(17-44(25)2)40-31(49)26-14-21(18-45(26)3)41-32(50)33-42-23-15-22(4-5-27(23)51-33)46(10-7-34)11-8-35;/h4-5,12-18H,6-11H2,1-3H3,(H3,36,37)(H,38,47)(H,39,48)(H,40,49)(H,41,50);1H. The fourth-order valence-corrected chi connectivity index (χ4v) is 6.58. The summed E-state index contributed by atoms with van der Waals surface area (Å²) in [6, 6.07) is 10.4. The van der Waals surface area contributed by atoms with Crippen LogP contribution in [0.15, 0.2) is 55.0 Å². The Balaban J connectivity index is 0.00000605. The van der Waals surface area contributed by atoms with E-state index in [0.717, 1.165) is 10.4 Å². The van der Waals surface area contributed by atoms with E-state index in [2.05, 4.69) is 31.2 Å². The van der Waals surface area contributed by atoms with Crippen molar-refractivity contribution < 1.29 is 19.2 Å². The summed E-state index contributed by atoms with van der Waals surface area (Å²) in [6.45, 7) is 1.48. The molecule has 0 aliphatic heterocycles. The van der Waals surface area contributed by atoms with E-state index in [1.54, 1.807) is 59.5 Å². The lowest BCUT2D eigenvalue weighted by Gasteiger charge is -2.22. The van der Waals surface area contributed by atoms with Gasteiger partial charge in [0.2, 0.25) is 0 Å². The number of halogens is 3. The molecule has 7 N–H and O–H groups in total. The summed E-state index contributed by atoms with van der Waals surface area (Å²) >= 11 is 13.2. The van der Waals surface area contributed by atoms with E-state index in [1.165, 1.54) is 23.5 Å². The Morgan fingerprint density at radius 2 is 1.27 bits per heavy atom. The number of aromatic nitrogens is 4. The monoisotopic (exact) mass is 789 g/mol. The highest BCUT2D eigenvalue weighted by molar-refractivity contribution is 7.20. The molecular formula is C33H38Cl3N11O4S. The Morgan fingerprint density at radius 1 is 0.788 bits per heavy atom. The van der Waals surface area contributed by atoms with Gasteiger partial charge in [-0.2, -0.15) is 0 Å². The second-order valence-electron chi connectivity index (χ2n) is 11.6. The third-order valence-corrected chi connectivity index (χ3v) is 9.18. The molecule has 0 spiro atoms. The molecule has 5 rings (SSSR count). The fourth-order valence-electron chi connectivity index (χ4n) is 5.34. The molecule has 0 atom stereocenters. The van der Waals surface area contributed by atoms with Crippen LogP contribution < -0.4 is 31.9 Å². The maximum Gasteiger partial charge on any atom is 0.284 e. The molecule has 19 heteroatoms. The summed E-state index contributed by atoms with van der Waals surface area (Å²) < 4.78 is 5.57. The summed E-state index contributed by atoms with van der Waals surface area (Å²) in [6.07, 6.45) is 5.05. The van der Waals surface area contributed by atoms with E-state index in [0.29, 0.717) is 53.1 Å². The zero-order valence-electron chi connectivity index (χ0n) is 28.5. The molecule has 0 fully saturated rings. The predicted octanol–water partition coefficient (Wildman–Crippen LogP) is 4.83. The molecule has 1 aromatic carbocycles. The van der Waals surface area contributed by atoms with Crippen LogP contribution in [-0.4, -0.2) is 79.5 Å². The molecule has 4 amide bonds. The topological polar surface area (TPSA) is 197 Å². The first-order valence-electron chi connectivity index (χ1n) is 15.7. The number of nitrogens with zero attached hydrogens (tertiary/aromatic N) is 5. The van der Waals surface area contributed by atoms with Crippen molar-refractivity contribution in [1.82, 2.24) is 24.0 Å². The molecule has 0 bridgehead atoms. The minimum absolute atomic E-state index is 0. The molecule has 4 aromatic heterocycles. The van der Waals surface area contributed by atoms with E-state index >= 15 is 0 Å². The summed E-state index contributed by atoms with van der Waals surface area (Å²) in [4.78, 5) is 58.6. The number of thiazole rings is 1. The lowest BCUT2D eigenvalue weighted by molar-refractivity contribution is 0.0944.